The standard InChI is InChI=1S/C22H25NO5S/c1-14-7-10-20(11-15(14)2)29(26,27)23-13-21(24)28-16(3)22(25)19-9-8-17-5-4-6-18(17)12-19/h7-12,16,23H,4-6,13H2,1-3H3/t16-/m0/s1. The number of ether oxygens (including phenoxy) is 1. The van der Waals surface area contributed by atoms with E-state index in [1.165, 1.54) is 18.6 Å². The van der Waals surface area contributed by atoms with Crippen LogP contribution in [-0.2, 0) is 32.4 Å². The van der Waals surface area contributed by atoms with E-state index in [0.717, 1.165) is 36.0 Å². The lowest BCUT2D eigenvalue weighted by Gasteiger charge is -2.14. The number of Topliss-reactive ketones (excluding diaryl/α,β-unsaturated/α-hetero) is 1. The molecule has 3 rings (SSSR count). The van der Waals surface area contributed by atoms with Gasteiger partial charge in [0.2, 0.25) is 15.8 Å². The van der Waals surface area contributed by atoms with Gasteiger partial charge < -0.3 is 4.74 Å². The summed E-state index contributed by atoms with van der Waals surface area (Å²) >= 11 is 0. The van der Waals surface area contributed by atoms with Crippen molar-refractivity contribution in [2.45, 2.75) is 51.0 Å². The van der Waals surface area contributed by atoms with Crippen LogP contribution in [0.4, 0.5) is 0 Å². The molecule has 0 spiro atoms. The van der Waals surface area contributed by atoms with Gasteiger partial charge in [-0.2, -0.15) is 4.72 Å². The van der Waals surface area contributed by atoms with Gasteiger partial charge in [0.05, 0.1) is 4.90 Å². The maximum atomic E-state index is 12.6. The Bertz CT molecular complexity index is 1060. The summed E-state index contributed by atoms with van der Waals surface area (Å²) < 4.78 is 32.1. The van der Waals surface area contributed by atoms with E-state index in [1.807, 2.05) is 26.0 Å². The highest BCUT2D eigenvalue weighted by molar-refractivity contribution is 7.89. The Kier molecular flexibility index (Phi) is 6.19. The quantitative estimate of drug-likeness (QED) is 0.555. The van der Waals surface area contributed by atoms with Crippen molar-refractivity contribution in [3.8, 4) is 0 Å². The molecule has 7 heteroatoms. The smallest absolute Gasteiger partial charge is 0.321 e. The first-order chi connectivity index (χ1) is 13.7. The lowest BCUT2D eigenvalue weighted by atomic mass is 10.0. The molecule has 0 heterocycles. The molecule has 154 valence electrons. The Labute approximate surface area is 171 Å². The summed E-state index contributed by atoms with van der Waals surface area (Å²) in [7, 11) is -3.85. The lowest BCUT2D eigenvalue weighted by molar-refractivity contribution is -0.144. The zero-order chi connectivity index (χ0) is 21.2. The molecule has 0 saturated heterocycles. The Morgan fingerprint density at radius 3 is 2.48 bits per heavy atom. The van der Waals surface area contributed by atoms with Gasteiger partial charge in [0.1, 0.15) is 6.54 Å². The molecule has 1 aliphatic rings. The number of nitrogens with one attached hydrogen (secondary N) is 1. The number of carbonyl (C=O) groups is 2. The monoisotopic (exact) mass is 415 g/mol. The minimum atomic E-state index is -3.85. The summed E-state index contributed by atoms with van der Waals surface area (Å²) in [4.78, 5) is 24.7. The van der Waals surface area contributed by atoms with Crippen LogP contribution in [0.15, 0.2) is 41.3 Å². The van der Waals surface area contributed by atoms with E-state index in [1.54, 1.807) is 18.2 Å². The molecule has 0 fully saturated rings. The molecule has 1 atom stereocenters. The largest absolute Gasteiger partial charge is 0.453 e. The van der Waals surface area contributed by atoms with Crippen LogP contribution in [0.5, 0.6) is 0 Å². The minimum Gasteiger partial charge on any atom is -0.453 e. The molecule has 1 N–H and O–H groups in total. The molecule has 6 nitrogen and oxygen atoms in total. The molecular formula is C22H25NO5S. The van der Waals surface area contributed by atoms with E-state index >= 15 is 0 Å². The fraction of sp³-hybridized carbons (Fsp3) is 0.364. The number of esters is 1. The highest BCUT2D eigenvalue weighted by Gasteiger charge is 2.23. The van der Waals surface area contributed by atoms with Crippen LogP contribution in [0.1, 0.15) is 46.0 Å². The molecule has 2 aromatic rings. The first kappa shape index (κ1) is 21.2. The third-order valence-corrected chi connectivity index (χ3v) is 6.65. The Morgan fingerprint density at radius 2 is 1.76 bits per heavy atom. The molecule has 0 bridgehead atoms. The third kappa shape index (κ3) is 4.92. The fourth-order valence-corrected chi connectivity index (χ4v) is 4.42. The summed E-state index contributed by atoms with van der Waals surface area (Å²) in [5.74, 6) is -1.11. The van der Waals surface area contributed by atoms with Gasteiger partial charge >= 0.3 is 5.97 Å². The molecule has 2 aromatic carbocycles. The minimum absolute atomic E-state index is 0.0793. The third-order valence-electron chi connectivity index (χ3n) is 5.26. The Morgan fingerprint density at radius 1 is 1.03 bits per heavy atom. The van der Waals surface area contributed by atoms with Crippen LogP contribution >= 0.6 is 0 Å². The summed E-state index contributed by atoms with van der Waals surface area (Å²) in [6.45, 7) is 4.65. The molecule has 1 aliphatic carbocycles. The number of fused-ring (bicyclic) bond motifs is 1. The molecule has 0 radical (unpaired) electrons. The van der Waals surface area contributed by atoms with Crippen LogP contribution in [0, 0.1) is 13.8 Å². The second-order valence-electron chi connectivity index (χ2n) is 7.40. The van der Waals surface area contributed by atoms with Gasteiger partial charge in [0.15, 0.2) is 6.10 Å². The molecule has 0 aliphatic heterocycles. The van der Waals surface area contributed by atoms with Crippen LogP contribution in [0.2, 0.25) is 0 Å². The van der Waals surface area contributed by atoms with Gasteiger partial charge in [-0.3, -0.25) is 9.59 Å². The van der Waals surface area contributed by atoms with Crippen molar-refractivity contribution in [1.82, 2.24) is 4.72 Å². The number of benzene rings is 2. The van der Waals surface area contributed by atoms with E-state index in [2.05, 4.69) is 4.72 Å². The summed E-state index contributed by atoms with van der Waals surface area (Å²) in [5.41, 5.74) is 4.73. The average molecular weight is 416 g/mol. The fourth-order valence-electron chi connectivity index (χ4n) is 3.37. The van der Waals surface area contributed by atoms with E-state index < -0.39 is 28.6 Å². The number of aryl methyl sites for hydroxylation is 4. The maximum absolute atomic E-state index is 12.6. The predicted molar refractivity (Wildman–Crippen MR) is 109 cm³/mol. The highest BCUT2D eigenvalue weighted by atomic mass is 32.2. The van der Waals surface area contributed by atoms with Crippen molar-refractivity contribution in [2.24, 2.45) is 0 Å². The van der Waals surface area contributed by atoms with Gasteiger partial charge in [-0.05, 0) is 80.5 Å². The number of rotatable bonds is 7. The normalized spacial score (nSPS) is 14.3. The van der Waals surface area contributed by atoms with Crippen molar-refractivity contribution in [1.29, 1.82) is 0 Å². The van der Waals surface area contributed by atoms with Crippen LogP contribution in [-0.4, -0.2) is 32.8 Å². The maximum Gasteiger partial charge on any atom is 0.321 e. The number of carbonyl (C=O) groups excluding carboxylic acids is 2. The second kappa shape index (κ2) is 8.47. The molecule has 29 heavy (non-hydrogen) atoms. The summed E-state index contributed by atoms with van der Waals surface area (Å²) in [5, 5.41) is 0. The summed E-state index contributed by atoms with van der Waals surface area (Å²) in [6.07, 6.45) is 2.06. The number of ketones is 1. The topological polar surface area (TPSA) is 89.5 Å². The molecule has 0 amide bonds. The van der Waals surface area contributed by atoms with Crippen molar-refractivity contribution in [2.75, 3.05) is 6.54 Å². The van der Waals surface area contributed by atoms with Gasteiger partial charge in [-0.1, -0.05) is 18.2 Å². The molecule has 0 aromatic heterocycles. The van der Waals surface area contributed by atoms with Crippen molar-refractivity contribution in [3.63, 3.8) is 0 Å². The van der Waals surface area contributed by atoms with Crippen LogP contribution in [0.25, 0.3) is 0 Å². The highest BCUT2D eigenvalue weighted by Crippen LogP contribution is 2.23. The van der Waals surface area contributed by atoms with Gasteiger partial charge in [0.25, 0.3) is 0 Å². The second-order valence-corrected chi connectivity index (χ2v) is 9.17. The first-order valence-corrected chi connectivity index (χ1v) is 11.1. The van der Waals surface area contributed by atoms with Crippen molar-refractivity contribution >= 4 is 21.8 Å². The Balaban J connectivity index is 1.58. The van der Waals surface area contributed by atoms with Gasteiger partial charge in [0, 0.05) is 5.56 Å². The molecular weight excluding hydrogens is 390 g/mol. The first-order valence-electron chi connectivity index (χ1n) is 9.60. The number of hydrogen-bond acceptors (Lipinski definition) is 5. The van der Waals surface area contributed by atoms with Crippen LogP contribution in [0.3, 0.4) is 0 Å². The van der Waals surface area contributed by atoms with E-state index in [0.29, 0.717) is 5.56 Å². The number of sulfonamides is 1. The number of hydrogen-bond donors (Lipinski definition) is 1. The SMILES string of the molecule is Cc1ccc(S(=O)(=O)NCC(=O)O[C@@H](C)C(=O)c2ccc3c(c2)CCC3)cc1C. The molecule has 0 unspecified atom stereocenters. The Hall–Kier alpha value is -2.51. The summed E-state index contributed by atoms with van der Waals surface area (Å²) in [6, 6.07) is 10.3. The average Bonchev–Trinajstić information content (AvgIpc) is 3.15. The van der Waals surface area contributed by atoms with Crippen LogP contribution < -0.4 is 4.72 Å². The predicted octanol–water partition coefficient (Wildman–Crippen LogP) is 2.89. The zero-order valence-corrected chi connectivity index (χ0v) is 17.6. The lowest BCUT2D eigenvalue weighted by Crippen LogP contribution is -2.34. The van der Waals surface area contributed by atoms with E-state index in [-0.39, 0.29) is 10.7 Å². The van der Waals surface area contributed by atoms with Crippen molar-refractivity contribution in [3.05, 3.63) is 64.2 Å². The van der Waals surface area contributed by atoms with E-state index in [4.69, 9.17) is 4.74 Å². The van der Waals surface area contributed by atoms with Crippen molar-refractivity contribution < 1.29 is 22.7 Å². The molecule has 0 saturated carbocycles. The van der Waals surface area contributed by atoms with Gasteiger partial charge in [-0.25, -0.2) is 8.42 Å². The van der Waals surface area contributed by atoms with E-state index in [9.17, 15) is 18.0 Å². The zero-order valence-electron chi connectivity index (χ0n) is 16.8. The van der Waals surface area contributed by atoms with Gasteiger partial charge in [-0.15, -0.1) is 0 Å².